The van der Waals surface area contributed by atoms with Gasteiger partial charge >= 0.3 is 6.03 Å². The number of ether oxygens (including phenoxy) is 1. The lowest BCUT2D eigenvalue weighted by Crippen LogP contribution is -2.35. The molecule has 2 aromatic rings. The predicted molar refractivity (Wildman–Crippen MR) is 104 cm³/mol. The first-order valence-corrected chi connectivity index (χ1v) is 9.45. The molecule has 0 bridgehead atoms. The van der Waals surface area contributed by atoms with Gasteiger partial charge in [-0.25, -0.2) is 14.5 Å². The largest absolute Gasteiger partial charge is 0.490 e. The summed E-state index contributed by atoms with van der Waals surface area (Å²) in [5.41, 5.74) is 0.715. The summed E-state index contributed by atoms with van der Waals surface area (Å²) in [5.74, 6) is 1.56. The van der Waals surface area contributed by atoms with Crippen molar-refractivity contribution in [3.05, 3.63) is 36.4 Å². The van der Waals surface area contributed by atoms with E-state index in [0.29, 0.717) is 12.2 Å². The molecule has 1 saturated heterocycles. The molecule has 1 aromatic heterocycles. The SMILES string of the molecule is CCn1ncnc1[C@@H](C)NC(=O)Nc1ccc(OC2CCN(C)CC2)cc1. The van der Waals surface area contributed by atoms with E-state index in [9.17, 15) is 4.79 Å². The molecular weight excluding hydrogens is 344 g/mol. The summed E-state index contributed by atoms with van der Waals surface area (Å²) in [6.45, 7) is 6.71. The van der Waals surface area contributed by atoms with Crippen LogP contribution in [-0.2, 0) is 6.54 Å². The van der Waals surface area contributed by atoms with Crippen molar-refractivity contribution in [3.8, 4) is 5.75 Å². The summed E-state index contributed by atoms with van der Waals surface area (Å²) >= 11 is 0. The summed E-state index contributed by atoms with van der Waals surface area (Å²) in [7, 11) is 2.13. The molecule has 8 nitrogen and oxygen atoms in total. The number of carbonyl (C=O) groups excluding carboxylic acids is 1. The van der Waals surface area contributed by atoms with Crippen molar-refractivity contribution in [1.29, 1.82) is 0 Å². The average molecular weight is 372 g/mol. The van der Waals surface area contributed by atoms with Crippen LogP contribution in [-0.4, -0.2) is 51.9 Å². The number of anilines is 1. The molecule has 146 valence electrons. The van der Waals surface area contributed by atoms with Gasteiger partial charge in [0.1, 0.15) is 24.0 Å². The zero-order valence-corrected chi connectivity index (χ0v) is 16.2. The van der Waals surface area contributed by atoms with Crippen LogP contribution in [0.5, 0.6) is 5.75 Å². The maximum absolute atomic E-state index is 12.2. The summed E-state index contributed by atoms with van der Waals surface area (Å²) in [6, 6.07) is 6.97. The molecule has 1 aliphatic heterocycles. The van der Waals surface area contributed by atoms with Crippen LogP contribution in [0.1, 0.15) is 38.6 Å². The second-order valence-corrected chi connectivity index (χ2v) is 6.90. The number of piperidine rings is 1. The molecule has 0 radical (unpaired) electrons. The van der Waals surface area contributed by atoms with Crippen molar-refractivity contribution in [2.24, 2.45) is 0 Å². The molecule has 0 aliphatic carbocycles. The van der Waals surface area contributed by atoms with Crippen LogP contribution in [0.3, 0.4) is 0 Å². The Morgan fingerprint density at radius 2 is 2.00 bits per heavy atom. The van der Waals surface area contributed by atoms with E-state index < -0.39 is 0 Å². The van der Waals surface area contributed by atoms with E-state index in [1.54, 1.807) is 4.68 Å². The third-order valence-corrected chi connectivity index (χ3v) is 4.76. The molecular formula is C19H28N6O2. The second-order valence-electron chi connectivity index (χ2n) is 6.90. The van der Waals surface area contributed by atoms with Crippen molar-refractivity contribution >= 4 is 11.7 Å². The van der Waals surface area contributed by atoms with Crippen LogP contribution in [0, 0.1) is 0 Å². The van der Waals surface area contributed by atoms with Crippen molar-refractivity contribution in [1.82, 2.24) is 25.0 Å². The normalized spacial score (nSPS) is 16.7. The number of aromatic nitrogens is 3. The van der Waals surface area contributed by atoms with E-state index in [1.165, 1.54) is 6.33 Å². The van der Waals surface area contributed by atoms with E-state index in [4.69, 9.17) is 4.74 Å². The van der Waals surface area contributed by atoms with Gasteiger partial charge in [0.15, 0.2) is 0 Å². The first-order valence-electron chi connectivity index (χ1n) is 9.45. The number of urea groups is 1. The average Bonchev–Trinajstić information content (AvgIpc) is 3.14. The number of nitrogens with zero attached hydrogens (tertiary/aromatic N) is 4. The van der Waals surface area contributed by atoms with E-state index >= 15 is 0 Å². The molecule has 1 fully saturated rings. The van der Waals surface area contributed by atoms with Gasteiger partial charge in [-0.3, -0.25) is 0 Å². The van der Waals surface area contributed by atoms with Crippen LogP contribution in [0.4, 0.5) is 10.5 Å². The van der Waals surface area contributed by atoms with Gasteiger partial charge < -0.3 is 20.3 Å². The molecule has 2 amide bonds. The summed E-state index contributed by atoms with van der Waals surface area (Å²) in [5, 5.41) is 9.85. The zero-order valence-electron chi connectivity index (χ0n) is 16.2. The van der Waals surface area contributed by atoms with Crippen molar-refractivity contribution in [3.63, 3.8) is 0 Å². The highest BCUT2D eigenvalue weighted by molar-refractivity contribution is 5.89. The highest BCUT2D eigenvalue weighted by atomic mass is 16.5. The second kappa shape index (κ2) is 8.85. The molecule has 2 heterocycles. The number of likely N-dealkylation sites (tertiary alicyclic amines) is 1. The van der Waals surface area contributed by atoms with Crippen LogP contribution < -0.4 is 15.4 Å². The Kier molecular flexibility index (Phi) is 6.28. The molecule has 1 aromatic carbocycles. The predicted octanol–water partition coefficient (Wildman–Crippen LogP) is 2.65. The number of nitrogens with one attached hydrogen (secondary N) is 2. The highest BCUT2D eigenvalue weighted by Gasteiger charge is 2.18. The molecule has 1 aliphatic rings. The van der Waals surface area contributed by atoms with Crippen LogP contribution in [0.2, 0.25) is 0 Å². The van der Waals surface area contributed by atoms with Gasteiger partial charge in [-0.2, -0.15) is 5.10 Å². The first kappa shape index (κ1) is 19.2. The fourth-order valence-corrected chi connectivity index (χ4v) is 3.19. The Labute approximate surface area is 159 Å². The smallest absolute Gasteiger partial charge is 0.319 e. The van der Waals surface area contributed by atoms with Gasteiger partial charge in [0.25, 0.3) is 0 Å². The first-order chi connectivity index (χ1) is 13.0. The fraction of sp³-hybridized carbons (Fsp3) is 0.526. The van der Waals surface area contributed by atoms with Gasteiger partial charge in [0.2, 0.25) is 0 Å². The molecule has 0 spiro atoms. The number of aryl methyl sites for hydroxylation is 1. The van der Waals surface area contributed by atoms with Gasteiger partial charge in [0.05, 0.1) is 6.04 Å². The Balaban J connectivity index is 1.49. The Bertz CT molecular complexity index is 737. The third-order valence-electron chi connectivity index (χ3n) is 4.76. The van der Waals surface area contributed by atoms with Crippen molar-refractivity contribution in [2.75, 3.05) is 25.5 Å². The minimum absolute atomic E-state index is 0.237. The number of benzene rings is 1. The van der Waals surface area contributed by atoms with Gasteiger partial charge in [-0.05, 0) is 58.0 Å². The number of carbonyl (C=O) groups is 1. The number of hydrogen-bond acceptors (Lipinski definition) is 5. The molecule has 1 atom stereocenters. The molecule has 0 unspecified atom stereocenters. The lowest BCUT2D eigenvalue weighted by atomic mass is 10.1. The molecule has 0 saturated carbocycles. The Hall–Kier alpha value is -2.61. The maximum atomic E-state index is 12.2. The van der Waals surface area contributed by atoms with Gasteiger partial charge in [-0.1, -0.05) is 0 Å². The molecule has 27 heavy (non-hydrogen) atoms. The van der Waals surface area contributed by atoms with Crippen LogP contribution in [0.15, 0.2) is 30.6 Å². The minimum Gasteiger partial charge on any atom is -0.490 e. The van der Waals surface area contributed by atoms with E-state index in [1.807, 2.05) is 38.1 Å². The molecule has 2 N–H and O–H groups in total. The third kappa shape index (κ3) is 5.19. The maximum Gasteiger partial charge on any atom is 0.319 e. The van der Waals surface area contributed by atoms with E-state index in [0.717, 1.165) is 37.5 Å². The summed E-state index contributed by atoms with van der Waals surface area (Å²) in [4.78, 5) is 18.8. The van der Waals surface area contributed by atoms with Crippen LogP contribution in [0.25, 0.3) is 0 Å². The highest BCUT2D eigenvalue weighted by Crippen LogP contribution is 2.21. The Morgan fingerprint density at radius 1 is 1.30 bits per heavy atom. The monoisotopic (exact) mass is 372 g/mol. The lowest BCUT2D eigenvalue weighted by Gasteiger charge is -2.29. The topological polar surface area (TPSA) is 84.3 Å². The van der Waals surface area contributed by atoms with Crippen LogP contribution >= 0.6 is 0 Å². The van der Waals surface area contributed by atoms with E-state index in [2.05, 4.69) is 32.7 Å². The number of rotatable bonds is 6. The quantitative estimate of drug-likeness (QED) is 0.814. The fourth-order valence-electron chi connectivity index (χ4n) is 3.19. The van der Waals surface area contributed by atoms with E-state index in [-0.39, 0.29) is 18.2 Å². The van der Waals surface area contributed by atoms with Gasteiger partial charge in [0, 0.05) is 25.3 Å². The standard InChI is InChI=1S/C19H28N6O2/c1-4-25-18(20-13-21-25)14(2)22-19(26)23-15-5-7-16(8-6-15)27-17-9-11-24(3)12-10-17/h5-8,13-14,17H,4,9-12H2,1-3H3,(H2,22,23,26)/t14-/m1/s1. The lowest BCUT2D eigenvalue weighted by molar-refractivity contribution is 0.114. The molecule has 8 heteroatoms. The Morgan fingerprint density at radius 3 is 2.67 bits per heavy atom. The summed E-state index contributed by atoms with van der Waals surface area (Å²) < 4.78 is 7.79. The zero-order chi connectivity index (χ0) is 19.2. The van der Waals surface area contributed by atoms with Crippen molar-refractivity contribution < 1.29 is 9.53 Å². The number of amides is 2. The van der Waals surface area contributed by atoms with Gasteiger partial charge in [-0.15, -0.1) is 0 Å². The summed E-state index contributed by atoms with van der Waals surface area (Å²) in [6.07, 6.45) is 3.84. The minimum atomic E-state index is -0.280. The van der Waals surface area contributed by atoms with Crippen molar-refractivity contribution in [2.45, 2.75) is 45.4 Å². The number of hydrogen-bond donors (Lipinski definition) is 2. The molecule has 3 rings (SSSR count).